The Balaban J connectivity index is 2.21. The van der Waals surface area contributed by atoms with Gasteiger partial charge in [-0.3, -0.25) is 0 Å². The lowest BCUT2D eigenvalue weighted by molar-refractivity contribution is 0.224. The molecule has 0 aliphatic carbocycles. The molecule has 19 heavy (non-hydrogen) atoms. The maximum absolute atomic E-state index is 8.93. The van der Waals surface area contributed by atoms with E-state index in [1.165, 1.54) is 0 Å². The minimum atomic E-state index is 0.283. The zero-order chi connectivity index (χ0) is 13.6. The van der Waals surface area contributed by atoms with Crippen LogP contribution in [0.5, 0.6) is 0 Å². The molecule has 6 nitrogen and oxygen atoms in total. The van der Waals surface area contributed by atoms with E-state index in [2.05, 4.69) is 26.2 Å². The molecule has 0 amide bonds. The third-order valence-electron chi connectivity index (χ3n) is 3.28. The average Bonchev–Trinajstić information content (AvgIpc) is 2.44. The number of rotatable bonds is 3. The summed E-state index contributed by atoms with van der Waals surface area (Å²) < 4.78 is 0. The van der Waals surface area contributed by atoms with Crippen LogP contribution in [0.25, 0.3) is 0 Å². The topological polar surface area (TPSA) is 71.6 Å². The molecule has 0 aromatic rings. The number of hydrogen-bond donors (Lipinski definition) is 5. The first-order valence-corrected chi connectivity index (χ1v) is 7.59. The van der Waals surface area contributed by atoms with Gasteiger partial charge in [0.05, 0.1) is 0 Å². The number of aliphatic hydroxyl groups excluding tert-OH is 1. The van der Waals surface area contributed by atoms with E-state index in [9.17, 15) is 0 Å². The molecule has 114 valence electrons. The standard InChI is InChI=1S/C13H31N5O/c19-13-1-10-18-11-8-16-6-4-14-2-3-15-5-7-17-9-12-18/h14-17,19H,1-13H2. The molecule has 1 aliphatic heterocycles. The summed E-state index contributed by atoms with van der Waals surface area (Å²) in [6, 6.07) is 0. The van der Waals surface area contributed by atoms with Crippen molar-refractivity contribution in [2.45, 2.75) is 6.42 Å². The molecule has 0 bridgehead atoms. The van der Waals surface area contributed by atoms with Crippen LogP contribution in [-0.2, 0) is 0 Å². The van der Waals surface area contributed by atoms with Gasteiger partial charge in [0, 0.05) is 78.6 Å². The van der Waals surface area contributed by atoms with Gasteiger partial charge in [0.1, 0.15) is 0 Å². The second-order valence-electron chi connectivity index (χ2n) is 4.92. The van der Waals surface area contributed by atoms with Gasteiger partial charge in [0.2, 0.25) is 0 Å². The van der Waals surface area contributed by atoms with E-state index in [0.717, 1.165) is 78.4 Å². The van der Waals surface area contributed by atoms with Crippen molar-refractivity contribution in [3.05, 3.63) is 0 Å². The summed E-state index contributed by atoms with van der Waals surface area (Å²) in [6.45, 7) is 11.6. The van der Waals surface area contributed by atoms with E-state index in [1.54, 1.807) is 0 Å². The van der Waals surface area contributed by atoms with E-state index in [1.807, 2.05) is 0 Å². The second kappa shape index (κ2) is 12.8. The lowest BCUT2D eigenvalue weighted by Crippen LogP contribution is -2.39. The molecule has 0 radical (unpaired) electrons. The minimum Gasteiger partial charge on any atom is -0.396 e. The van der Waals surface area contributed by atoms with Crippen LogP contribution in [-0.4, -0.2) is 88.6 Å². The number of nitrogens with one attached hydrogen (secondary N) is 4. The summed E-state index contributed by atoms with van der Waals surface area (Å²) in [7, 11) is 0. The highest BCUT2D eigenvalue weighted by molar-refractivity contribution is 4.64. The summed E-state index contributed by atoms with van der Waals surface area (Å²) in [6.07, 6.45) is 0.864. The van der Waals surface area contributed by atoms with Gasteiger partial charge in [-0.15, -0.1) is 0 Å². The predicted octanol–water partition coefficient (Wildman–Crippen LogP) is -1.96. The fourth-order valence-electron chi connectivity index (χ4n) is 2.13. The van der Waals surface area contributed by atoms with Crippen LogP contribution in [0.1, 0.15) is 6.42 Å². The molecule has 0 saturated carbocycles. The van der Waals surface area contributed by atoms with E-state index >= 15 is 0 Å². The van der Waals surface area contributed by atoms with Gasteiger partial charge in [-0.2, -0.15) is 0 Å². The Kier molecular flexibility index (Phi) is 11.3. The Labute approximate surface area is 117 Å². The molecule has 6 heteroatoms. The smallest absolute Gasteiger partial charge is 0.0443 e. The summed E-state index contributed by atoms with van der Waals surface area (Å²) in [5.74, 6) is 0. The lowest BCUT2D eigenvalue weighted by Gasteiger charge is -2.22. The molecule has 1 aliphatic rings. The Morgan fingerprint density at radius 1 is 0.684 bits per heavy atom. The predicted molar refractivity (Wildman–Crippen MR) is 79.6 cm³/mol. The quantitative estimate of drug-likeness (QED) is 0.411. The summed E-state index contributed by atoms with van der Waals surface area (Å²) in [5, 5.41) is 22.7. The molecule has 0 aromatic heterocycles. The van der Waals surface area contributed by atoms with Gasteiger partial charge >= 0.3 is 0 Å². The fraction of sp³-hybridized carbons (Fsp3) is 1.00. The molecular weight excluding hydrogens is 242 g/mol. The van der Waals surface area contributed by atoms with Gasteiger partial charge < -0.3 is 31.3 Å². The molecule has 1 saturated heterocycles. The van der Waals surface area contributed by atoms with Crippen LogP contribution in [0, 0.1) is 0 Å². The van der Waals surface area contributed by atoms with E-state index in [-0.39, 0.29) is 6.61 Å². The van der Waals surface area contributed by atoms with Crippen molar-refractivity contribution in [2.24, 2.45) is 0 Å². The number of aliphatic hydroxyl groups is 1. The molecule has 0 atom stereocenters. The van der Waals surface area contributed by atoms with Crippen molar-refractivity contribution in [1.29, 1.82) is 0 Å². The van der Waals surface area contributed by atoms with Crippen LogP contribution in [0.4, 0.5) is 0 Å². The Morgan fingerprint density at radius 2 is 1.11 bits per heavy atom. The Bertz CT molecular complexity index is 178. The number of hydrogen-bond acceptors (Lipinski definition) is 6. The zero-order valence-electron chi connectivity index (χ0n) is 12.1. The van der Waals surface area contributed by atoms with E-state index in [0.29, 0.717) is 0 Å². The molecule has 0 spiro atoms. The molecule has 0 unspecified atom stereocenters. The minimum absolute atomic E-state index is 0.283. The fourth-order valence-corrected chi connectivity index (χ4v) is 2.13. The van der Waals surface area contributed by atoms with Gasteiger partial charge in [-0.25, -0.2) is 0 Å². The van der Waals surface area contributed by atoms with Crippen molar-refractivity contribution in [3.8, 4) is 0 Å². The van der Waals surface area contributed by atoms with E-state index < -0.39 is 0 Å². The van der Waals surface area contributed by atoms with Crippen LogP contribution >= 0.6 is 0 Å². The first-order valence-electron chi connectivity index (χ1n) is 7.59. The molecule has 1 rings (SSSR count). The third kappa shape index (κ3) is 10.2. The van der Waals surface area contributed by atoms with Crippen molar-refractivity contribution < 1.29 is 5.11 Å². The normalized spacial score (nSPS) is 22.6. The highest BCUT2D eigenvalue weighted by Gasteiger charge is 2.04. The molecule has 1 heterocycles. The van der Waals surface area contributed by atoms with Crippen LogP contribution in [0.15, 0.2) is 0 Å². The van der Waals surface area contributed by atoms with Gasteiger partial charge in [-0.05, 0) is 6.42 Å². The van der Waals surface area contributed by atoms with Gasteiger partial charge in [0.25, 0.3) is 0 Å². The molecular formula is C13H31N5O. The maximum atomic E-state index is 8.93. The summed E-state index contributed by atoms with van der Waals surface area (Å²) in [5.41, 5.74) is 0. The average molecular weight is 273 g/mol. The van der Waals surface area contributed by atoms with Gasteiger partial charge in [0.15, 0.2) is 0 Å². The monoisotopic (exact) mass is 273 g/mol. The first-order chi connectivity index (χ1) is 9.43. The van der Waals surface area contributed by atoms with Crippen molar-refractivity contribution in [1.82, 2.24) is 26.2 Å². The number of nitrogens with zero attached hydrogens (tertiary/aromatic N) is 1. The Morgan fingerprint density at radius 3 is 1.53 bits per heavy atom. The largest absolute Gasteiger partial charge is 0.396 e. The zero-order valence-corrected chi connectivity index (χ0v) is 12.1. The molecule has 1 fully saturated rings. The summed E-state index contributed by atoms with van der Waals surface area (Å²) >= 11 is 0. The van der Waals surface area contributed by atoms with Crippen molar-refractivity contribution in [3.63, 3.8) is 0 Å². The Hall–Kier alpha value is -0.240. The second-order valence-corrected chi connectivity index (χ2v) is 4.92. The van der Waals surface area contributed by atoms with Crippen LogP contribution in [0.2, 0.25) is 0 Å². The van der Waals surface area contributed by atoms with Crippen molar-refractivity contribution in [2.75, 3.05) is 78.6 Å². The SMILES string of the molecule is OCCCN1CCNCCNCCNCCNCC1. The summed E-state index contributed by atoms with van der Waals surface area (Å²) in [4.78, 5) is 2.41. The van der Waals surface area contributed by atoms with Gasteiger partial charge in [-0.1, -0.05) is 0 Å². The van der Waals surface area contributed by atoms with Crippen molar-refractivity contribution >= 4 is 0 Å². The lowest BCUT2D eigenvalue weighted by atomic mass is 10.3. The molecule has 0 aromatic carbocycles. The maximum Gasteiger partial charge on any atom is 0.0443 e. The van der Waals surface area contributed by atoms with E-state index in [4.69, 9.17) is 5.11 Å². The first kappa shape index (κ1) is 16.8. The van der Waals surface area contributed by atoms with Crippen LogP contribution < -0.4 is 21.3 Å². The third-order valence-corrected chi connectivity index (χ3v) is 3.28. The molecule has 5 N–H and O–H groups in total. The highest BCUT2D eigenvalue weighted by Crippen LogP contribution is 1.90. The van der Waals surface area contributed by atoms with Crippen LogP contribution in [0.3, 0.4) is 0 Å². The highest BCUT2D eigenvalue weighted by atomic mass is 16.3.